The minimum absolute atomic E-state index is 0.256. The zero-order valence-electron chi connectivity index (χ0n) is 11.3. The van der Waals surface area contributed by atoms with Crippen LogP contribution in [0.3, 0.4) is 0 Å². The van der Waals surface area contributed by atoms with Crippen molar-refractivity contribution in [3.63, 3.8) is 0 Å². The Bertz CT molecular complexity index is 553. The number of hydrogen-bond acceptors (Lipinski definition) is 5. The van der Waals surface area contributed by atoms with Crippen molar-refractivity contribution < 1.29 is 9.47 Å². The second kappa shape index (κ2) is 5.56. The van der Waals surface area contributed by atoms with Crippen LogP contribution in [0.5, 0.6) is 17.4 Å². The van der Waals surface area contributed by atoms with E-state index >= 15 is 0 Å². The molecule has 5 nitrogen and oxygen atoms in total. The highest BCUT2D eigenvalue weighted by molar-refractivity contribution is 5.52. The summed E-state index contributed by atoms with van der Waals surface area (Å²) < 4.78 is 10.8. The van der Waals surface area contributed by atoms with Gasteiger partial charge in [0.05, 0.1) is 7.11 Å². The number of ether oxygens (including phenoxy) is 2. The van der Waals surface area contributed by atoms with Crippen LogP contribution in [0.2, 0.25) is 0 Å². The largest absolute Gasteiger partial charge is 0.489 e. The molecule has 0 unspecified atom stereocenters. The van der Waals surface area contributed by atoms with Gasteiger partial charge in [-0.1, -0.05) is 26.0 Å². The summed E-state index contributed by atoms with van der Waals surface area (Å²) in [5.74, 6) is 2.08. The van der Waals surface area contributed by atoms with Gasteiger partial charge in [0.2, 0.25) is 5.75 Å². The number of hydrogen-bond donors (Lipinski definition) is 1. The highest BCUT2D eigenvalue weighted by Gasteiger charge is 2.11. The summed E-state index contributed by atoms with van der Waals surface area (Å²) in [5, 5.41) is 0. The molecule has 0 radical (unpaired) electrons. The van der Waals surface area contributed by atoms with Gasteiger partial charge in [0, 0.05) is 0 Å². The maximum Gasteiger partial charge on any atom is 0.268 e. The number of nitrogens with zero attached hydrogens (tertiary/aromatic N) is 2. The second-order valence-corrected chi connectivity index (χ2v) is 4.42. The molecule has 0 spiro atoms. The molecule has 0 aliphatic rings. The summed E-state index contributed by atoms with van der Waals surface area (Å²) in [6.45, 7) is 4.29. The van der Waals surface area contributed by atoms with E-state index in [4.69, 9.17) is 15.2 Å². The third-order valence-electron chi connectivity index (χ3n) is 2.76. The van der Waals surface area contributed by atoms with Gasteiger partial charge in [0.15, 0.2) is 5.82 Å². The SMILES string of the molecule is COc1c(N)ncnc1Oc1ccc(C(C)C)cc1. The van der Waals surface area contributed by atoms with Gasteiger partial charge in [-0.15, -0.1) is 0 Å². The van der Waals surface area contributed by atoms with Crippen molar-refractivity contribution in [1.29, 1.82) is 0 Å². The third-order valence-corrected chi connectivity index (χ3v) is 2.76. The molecule has 1 aromatic heterocycles. The summed E-state index contributed by atoms with van der Waals surface area (Å²) in [4.78, 5) is 7.88. The number of methoxy groups -OCH3 is 1. The minimum Gasteiger partial charge on any atom is -0.489 e. The fourth-order valence-corrected chi connectivity index (χ4v) is 1.67. The number of aromatic nitrogens is 2. The van der Waals surface area contributed by atoms with Crippen molar-refractivity contribution in [3.05, 3.63) is 36.2 Å². The van der Waals surface area contributed by atoms with Crippen LogP contribution >= 0.6 is 0 Å². The topological polar surface area (TPSA) is 70.3 Å². The van der Waals surface area contributed by atoms with Crippen LogP contribution in [0, 0.1) is 0 Å². The summed E-state index contributed by atoms with van der Waals surface area (Å²) in [7, 11) is 1.50. The molecule has 1 aromatic carbocycles. The Morgan fingerprint density at radius 3 is 2.37 bits per heavy atom. The molecule has 0 saturated carbocycles. The lowest BCUT2D eigenvalue weighted by atomic mass is 10.0. The molecule has 19 heavy (non-hydrogen) atoms. The number of nitrogens with two attached hydrogens (primary N) is 1. The van der Waals surface area contributed by atoms with E-state index in [1.807, 2.05) is 24.3 Å². The van der Waals surface area contributed by atoms with E-state index in [-0.39, 0.29) is 5.82 Å². The Morgan fingerprint density at radius 2 is 1.79 bits per heavy atom. The van der Waals surface area contributed by atoms with Gasteiger partial charge in [0.1, 0.15) is 12.1 Å². The standard InChI is InChI=1S/C14H17N3O2/c1-9(2)10-4-6-11(7-5-10)19-14-12(18-3)13(15)16-8-17-14/h4-9H,1-3H3,(H2,15,16,17). The third kappa shape index (κ3) is 2.93. The molecule has 0 aliphatic heterocycles. The summed E-state index contributed by atoms with van der Waals surface area (Å²) in [6.07, 6.45) is 1.34. The van der Waals surface area contributed by atoms with Gasteiger partial charge in [-0.05, 0) is 23.6 Å². The van der Waals surface area contributed by atoms with Crippen molar-refractivity contribution in [1.82, 2.24) is 9.97 Å². The lowest BCUT2D eigenvalue weighted by molar-refractivity contribution is 0.369. The Kier molecular flexibility index (Phi) is 3.85. The van der Waals surface area contributed by atoms with Crippen LogP contribution in [0.15, 0.2) is 30.6 Å². The Hall–Kier alpha value is -2.30. The molecule has 2 rings (SSSR count). The van der Waals surface area contributed by atoms with Gasteiger partial charge in [-0.25, -0.2) is 4.98 Å². The number of rotatable bonds is 4. The maximum absolute atomic E-state index is 5.69. The summed E-state index contributed by atoms with van der Waals surface area (Å²) >= 11 is 0. The van der Waals surface area contributed by atoms with E-state index in [0.717, 1.165) is 0 Å². The molecule has 100 valence electrons. The van der Waals surface area contributed by atoms with Crippen molar-refractivity contribution in [3.8, 4) is 17.4 Å². The monoisotopic (exact) mass is 259 g/mol. The normalized spacial score (nSPS) is 10.5. The van der Waals surface area contributed by atoms with Crippen LogP contribution in [0.4, 0.5) is 5.82 Å². The first-order valence-electron chi connectivity index (χ1n) is 6.04. The Labute approximate surface area is 112 Å². The molecule has 0 fully saturated rings. The maximum atomic E-state index is 5.69. The second-order valence-electron chi connectivity index (χ2n) is 4.42. The highest BCUT2D eigenvalue weighted by Crippen LogP contribution is 2.32. The molecular formula is C14H17N3O2. The summed E-state index contributed by atoms with van der Waals surface area (Å²) in [6, 6.07) is 7.84. The average Bonchev–Trinajstić information content (AvgIpc) is 2.39. The predicted molar refractivity (Wildman–Crippen MR) is 73.6 cm³/mol. The van der Waals surface area contributed by atoms with Gasteiger partial charge < -0.3 is 15.2 Å². The van der Waals surface area contributed by atoms with Crippen LogP contribution in [-0.2, 0) is 0 Å². The Balaban J connectivity index is 2.24. The van der Waals surface area contributed by atoms with Crippen molar-refractivity contribution in [2.75, 3.05) is 12.8 Å². The first-order chi connectivity index (χ1) is 9.11. The van der Waals surface area contributed by atoms with E-state index in [1.54, 1.807) is 0 Å². The molecule has 0 saturated heterocycles. The van der Waals surface area contributed by atoms with E-state index in [1.165, 1.54) is 19.0 Å². The Morgan fingerprint density at radius 1 is 1.11 bits per heavy atom. The first kappa shape index (κ1) is 13.1. The summed E-state index contributed by atoms with van der Waals surface area (Å²) in [5.41, 5.74) is 6.94. The zero-order valence-corrected chi connectivity index (χ0v) is 11.3. The van der Waals surface area contributed by atoms with E-state index in [0.29, 0.717) is 23.3 Å². The zero-order chi connectivity index (χ0) is 13.8. The van der Waals surface area contributed by atoms with Crippen LogP contribution in [0.25, 0.3) is 0 Å². The fraction of sp³-hybridized carbons (Fsp3) is 0.286. The number of anilines is 1. The lowest BCUT2D eigenvalue weighted by Crippen LogP contribution is -2.00. The fourth-order valence-electron chi connectivity index (χ4n) is 1.67. The predicted octanol–water partition coefficient (Wildman–Crippen LogP) is 2.98. The molecule has 5 heteroatoms. The molecule has 2 aromatic rings. The molecular weight excluding hydrogens is 242 g/mol. The van der Waals surface area contributed by atoms with Crippen molar-refractivity contribution in [2.45, 2.75) is 19.8 Å². The van der Waals surface area contributed by atoms with E-state index in [2.05, 4.69) is 23.8 Å². The van der Waals surface area contributed by atoms with Gasteiger partial charge in [-0.2, -0.15) is 4.98 Å². The number of nitrogen functional groups attached to an aromatic ring is 1. The van der Waals surface area contributed by atoms with Crippen LogP contribution in [-0.4, -0.2) is 17.1 Å². The van der Waals surface area contributed by atoms with E-state index in [9.17, 15) is 0 Å². The van der Waals surface area contributed by atoms with Gasteiger partial charge >= 0.3 is 0 Å². The van der Waals surface area contributed by atoms with Gasteiger partial charge in [-0.3, -0.25) is 0 Å². The molecule has 2 N–H and O–H groups in total. The smallest absolute Gasteiger partial charge is 0.268 e. The first-order valence-corrected chi connectivity index (χ1v) is 6.04. The van der Waals surface area contributed by atoms with Crippen molar-refractivity contribution in [2.24, 2.45) is 0 Å². The minimum atomic E-state index is 0.256. The molecule has 0 atom stereocenters. The van der Waals surface area contributed by atoms with Crippen molar-refractivity contribution >= 4 is 5.82 Å². The average molecular weight is 259 g/mol. The quantitative estimate of drug-likeness (QED) is 0.914. The lowest BCUT2D eigenvalue weighted by Gasteiger charge is -2.11. The van der Waals surface area contributed by atoms with Crippen LogP contribution in [0.1, 0.15) is 25.3 Å². The molecule has 1 heterocycles. The highest BCUT2D eigenvalue weighted by atomic mass is 16.5. The van der Waals surface area contributed by atoms with Crippen LogP contribution < -0.4 is 15.2 Å². The molecule has 0 bridgehead atoms. The molecule has 0 aliphatic carbocycles. The van der Waals surface area contributed by atoms with Gasteiger partial charge in [0.25, 0.3) is 5.88 Å². The molecule has 0 amide bonds. The van der Waals surface area contributed by atoms with E-state index < -0.39 is 0 Å². The number of benzene rings is 1.